The van der Waals surface area contributed by atoms with Crippen LogP contribution < -0.4 is 10.2 Å². The van der Waals surface area contributed by atoms with Crippen molar-refractivity contribution in [3.05, 3.63) is 53.6 Å². The number of carbonyl (C=O) groups is 1. The van der Waals surface area contributed by atoms with Crippen LogP contribution in [0.3, 0.4) is 0 Å². The molecule has 0 atom stereocenters. The number of benzene rings is 2. The number of fused-ring (bicyclic) bond motifs is 1. The van der Waals surface area contributed by atoms with E-state index in [2.05, 4.69) is 28.5 Å². The second-order valence-electron chi connectivity index (χ2n) is 5.44. The molecule has 1 aromatic heterocycles. The van der Waals surface area contributed by atoms with Gasteiger partial charge in [0.2, 0.25) is 5.13 Å². The molecule has 0 radical (unpaired) electrons. The summed E-state index contributed by atoms with van der Waals surface area (Å²) in [5.41, 5.74) is 6.18. The molecule has 6 nitrogen and oxygen atoms in total. The van der Waals surface area contributed by atoms with Crippen LogP contribution >= 0.6 is 11.3 Å². The maximum absolute atomic E-state index is 10.5. The van der Waals surface area contributed by atoms with Crippen molar-refractivity contribution in [2.24, 2.45) is 5.10 Å². The maximum Gasteiger partial charge on any atom is 0.341 e. The lowest BCUT2D eigenvalue weighted by Gasteiger charge is -2.03. The number of carboxylic acid groups (broad SMARTS) is 1. The minimum absolute atomic E-state index is 0.341. The summed E-state index contributed by atoms with van der Waals surface area (Å²) in [6.07, 6.45) is 2.42. The Hall–Kier alpha value is -2.93. The van der Waals surface area contributed by atoms with Crippen molar-refractivity contribution in [3.63, 3.8) is 0 Å². The van der Waals surface area contributed by atoms with E-state index in [9.17, 15) is 4.79 Å². The zero-order valence-corrected chi connectivity index (χ0v) is 14.4. The van der Waals surface area contributed by atoms with Crippen LogP contribution in [0.2, 0.25) is 0 Å². The number of carboxylic acids is 1. The largest absolute Gasteiger partial charge is 0.482 e. The van der Waals surface area contributed by atoms with E-state index in [1.165, 1.54) is 5.56 Å². The summed E-state index contributed by atoms with van der Waals surface area (Å²) in [5.74, 6) is -0.460. The number of aliphatic carboxylic acids is 1. The molecule has 0 aliphatic rings. The van der Waals surface area contributed by atoms with Gasteiger partial charge in [-0.25, -0.2) is 9.78 Å². The summed E-state index contributed by atoms with van der Waals surface area (Å²) in [5, 5.41) is 13.5. The van der Waals surface area contributed by atoms with Crippen molar-refractivity contribution in [1.29, 1.82) is 0 Å². The highest BCUT2D eigenvalue weighted by Crippen LogP contribution is 2.26. The molecular weight excluding hydrogens is 338 g/mol. The molecule has 128 valence electrons. The lowest BCUT2D eigenvalue weighted by Crippen LogP contribution is -2.09. The van der Waals surface area contributed by atoms with Crippen LogP contribution in [0.5, 0.6) is 5.75 Å². The average molecular weight is 355 g/mol. The van der Waals surface area contributed by atoms with Gasteiger partial charge in [-0.3, -0.25) is 5.43 Å². The number of thiazole rings is 1. The highest BCUT2D eigenvalue weighted by Gasteiger charge is 2.02. The van der Waals surface area contributed by atoms with E-state index in [4.69, 9.17) is 9.84 Å². The van der Waals surface area contributed by atoms with E-state index in [0.29, 0.717) is 12.2 Å². The Balaban J connectivity index is 1.53. The van der Waals surface area contributed by atoms with Crippen LogP contribution in [0.15, 0.2) is 47.6 Å². The molecule has 0 saturated carbocycles. The number of hydrogen-bond acceptors (Lipinski definition) is 6. The van der Waals surface area contributed by atoms with Gasteiger partial charge in [-0.2, -0.15) is 5.10 Å². The Morgan fingerprint density at radius 3 is 2.88 bits per heavy atom. The summed E-state index contributed by atoms with van der Waals surface area (Å²) in [6.45, 7) is 1.72. The van der Waals surface area contributed by atoms with E-state index in [1.807, 2.05) is 24.3 Å². The van der Waals surface area contributed by atoms with E-state index >= 15 is 0 Å². The van der Waals surface area contributed by atoms with Crippen molar-refractivity contribution in [2.75, 3.05) is 12.0 Å². The van der Waals surface area contributed by atoms with Crippen molar-refractivity contribution in [1.82, 2.24) is 4.98 Å². The lowest BCUT2D eigenvalue weighted by molar-refractivity contribution is -0.139. The number of nitrogens with zero attached hydrogens (tertiary/aromatic N) is 2. The van der Waals surface area contributed by atoms with Crippen molar-refractivity contribution < 1.29 is 14.6 Å². The van der Waals surface area contributed by atoms with Crippen LogP contribution in [-0.2, 0) is 11.2 Å². The number of aryl methyl sites for hydroxylation is 1. The zero-order chi connectivity index (χ0) is 17.6. The maximum atomic E-state index is 10.5. The SMILES string of the molecule is Cc1ccc2nc(NN=CCc3ccc(OCC(=O)O)cc3)sc2c1. The minimum Gasteiger partial charge on any atom is -0.482 e. The van der Waals surface area contributed by atoms with Crippen LogP contribution in [-0.4, -0.2) is 28.9 Å². The highest BCUT2D eigenvalue weighted by molar-refractivity contribution is 7.22. The molecule has 0 aliphatic carbocycles. The second kappa shape index (κ2) is 7.76. The fourth-order valence-corrected chi connectivity index (χ4v) is 3.11. The molecule has 1 heterocycles. The van der Waals surface area contributed by atoms with Crippen LogP contribution in [0.4, 0.5) is 5.13 Å². The molecule has 0 amide bonds. The molecule has 0 unspecified atom stereocenters. The number of nitrogens with one attached hydrogen (secondary N) is 1. The molecule has 2 N–H and O–H groups in total. The molecule has 0 bridgehead atoms. The summed E-state index contributed by atoms with van der Waals surface area (Å²) in [6, 6.07) is 13.4. The number of anilines is 1. The van der Waals surface area contributed by atoms with Gasteiger partial charge in [0.25, 0.3) is 0 Å². The average Bonchev–Trinajstić information content (AvgIpc) is 2.99. The number of hydrogen-bond donors (Lipinski definition) is 2. The summed E-state index contributed by atoms with van der Waals surface area (Å²) in [7, 11) is 0. The third-order valence-corrected chi connectivity index (χ3v) is 4.33. The quantitative estimate of drug-likeness (QED) is 0.499. The van der Waals surface area contributed by atoms with Gasteiger partial charge < -0.3 is 9.84 Å². The third kappa shape index (κ3) is 4.77. The van der Waals surface area contributed by atoms with Gasteiger partial charge >= 0.3 is 5.97 Å². The topological polar surface area (TPSA) is 83.8 Å². The van der Waals surface area contributed by atoms with Crippen molar-refractivity contribution in [3.8, 4) is 5.75 Å². The standard InChI is InChI=1S/C18H17N3O3S/c1-12-2-7-15-16(10-12)25-18(20-15)21-19-9-8-13-3-5-14(6-4-13)24-11-17(22)23/h2-7,9-10H,8,11H2,1H3,(H,20,21)(H,22,23). The fraction of sp³-hybridized carbons (Fsp3) is 0.167. The van der Waals surface area contributed by atoms with Gasteiger partial charge in [0, 0.05) is 12.6 Å². The van der Waals surface area contributed by atoms with Crippen LogP contribution in [0.25, 0.3) is 10.2 Å². The van der Waals surface area contributed by atoms with Gasteiger partial charge in [-0.15, -0.1) is 0 Å². The number of rotatable bonds is 7. The Kier molecular flexibility index (Phi) is 5.25. The number of hydrazone groups is 1. The smallest absolute Gasteiger partial charge is 0.341 e. The molecule has 0 spiro atoms. The first-order valence-electron chi connectivity index (χ1n) is 7.68. The Bertz CT molecular complexity index is 904. The summed E-state index contributed by atoms with van der Waals surface area (Å²) in [4.78, 5) is 14.9. The Labute approximate surface area is 148 Å². The number of aromatic nitrogens is 1. The molecule has 0 aliphatic heterocycles. The van der Waals surface area contributed by atoms with Gasteiger partial charge in [0.1, 0.15) is 5.75 Å². The first-order chi connectivity index (χ1) is 12.1. The molecule has 2 aromatic carbocycles. The Morgan fingerprint density at radius 1 is 1.32 bits per heavy atom. The summed E-state index contributed by atoms with van der Waals surface area (Å²) >= 11 is 1.57. The fourth-order valence-electron chi connectivity index (χ4n) is 2.20. The van der Waals surface area contributed by atoms with E-state index in [-0.39, 0.29) is 6.61 Å². The van der Waals surface area contributed by atoms with E-state index in [0.717, 1.165) is 20.9 Å². The van der Waals surface area contributed by atoms with Crippen LogP contribution in [0.1, 0.15) is 11.1 Å². The molecule has 0 saturated heterocycles. The van der Waals surface area contributed by atoms with E-state index in [1.54, 1.807) is 29.7 Å². The monoisotopic (exact) mass is 355 g/mol. The van der Waals surface area contributed by atoms with Gasteiger partial charge in [0.05, 0.1) is 10.2 Å². The predicted octanol–water partition coefficient (Wildman–Crippen LogP) is 3.71. The lowest BCUT2D eigenvalue weighted by atomic mass is 10.2. The van der Waals surface area contributed by atoms with Gasteiger partial charge in [0.15, 0.2) is 6.61 Å². The van der Waals surface area contributed by atoms with Crippen molar-refractivity contribution in [2.45, 2.75) is 13.3 Å². The predicted molar refractivity (Wildman–Crippen MR) is 99.7 cm³/mol. The first-order valence-corrected chi connectivity index (χ1v) is 8.50. The van der Waals surface area contributed by atoms with Crippen LogP contribution in [0, 0.1) is 6.92 Å². The molecule has 3 aromatic rings. The zero-order valence-electron chi connectivity index (χ0n) is 13.6. The highest BCUT2D eigenvalue weighted by atomic mass is 32.1. The van der Waals surface area contributed by atoms with Gasteiger partial charge in [-0.05, 0) is 42.3 Å². The summed E-state index contributed by atoms with van der Waals surface area (Å²) < 4.78 is 6.22. The van der Waals surface area contributed by atoms with Crippen molar-refractivity contribution >= 4 is 38.9 Å². The number of ether oxygens (including phenoxy) is 1. The Morgan fingerprint density at radius 2 is 2.12 bits per heavy atom. The third-order valence-electron chi connectivity index (χ3n) is 3.41. The molecule has 3 rings (SSSR count). The molecular formula is C18H17N3O3S. The normalized spacial score (nSPS) is 11.1. The second-order valence-corrected chi connectivity index (χ2v) is 6.47. The molecule has 7 heteroatoms. The van der Waals surface area contributed by atoms with E-state index < -0.39 is 5.97 Å². The molecule has 0 fully saturated rings. The minimum atomic E-state index is -0.993. The van der Waals surface area contributed by atoms with Gasteiger partial charge in [-0.1, -0.05) is 29.5 Å². The first kappa shape index (κ1) is 16.9. The molecule has 25 heavy (non-hydrogen) atoms.